The van der Waals surface area contributed by atoms with E-state index in [1.807, 2.05) is 20.9 Å². The number of hydrogen-bond acceptors (Lipinski definition) is 4. The van der Waals surface area contributed by atoms with Gasteiger partial charge in [-0.15, -0.1) is 0 Å². The molecular weight excluding hydrogens is 280 g/mol. The van der Waals surface area contributed by atoms with E-state index in [4.69, 9.17) is 16.7 Å². The number of nitrogens with one attached hydrogen (secondary N) is 1. The average Bonchev–Trinajstić information content (AvgIpc) is 2.62. The molecule has 2 heterocycles. The zero-order chi connectivity index (χ0) is 14.9. The normalized spacial score (nSPS) is 10.6. The van der Waals surface area contributed by atoms with Gasteiger partial charge in [0.2, 0.25) is 0 Å². The molecule has 7 heteroatoms. The van der Waals surface area contributed by atoms with Gasteiger partial charge < -0.3 is 10.4 Å². The minimum absolute atomic E-state index is 0.0313. The number of aromatic nitrogens is 3. The lowest BCUT2D eigenvalue weighted by Gasteiger charge is -2.09. The minimum atomic E-state index is -1.07. The van der Waals surface area contributed by atoms with Gasteiger partial charge in [-0.05, 0) is 19.9 Å². The quantitative estimate of drug-likeness (QED) is 0.905. The van der Waals surface area contributed by atoms with Gasteiger partial charge in [-0.1, -0.05) is 11.6 Å². The van der Waals surface area contributed by atoms with Crippen LogP contribution in [0.2, 0.25) is 5.02 Å². The Morgan fingerprint density at radius 1 is 1.50 bits per heavy atom. The van der Waals surface area contributed by atoms with Crippen LogP contribution in [0.1, 0.15) is 27.3 Å². The fourth-order valence-corrected chi connectivity index (χ4v) is 2.24. The van der Waals surface area contributed by atoms with Crippen LogP contribution in [-0.2, 0) is 13.6 Å². The van der Waals surface area contributed by atoms with Gasteiger partial charge in [0.05, 0.1) is 16.3 Å². The SMILES string of the molecule is Cc1nn(C)c(C)c1CNc1nccc(C(=O)O)c1Cl. The zero-order valence-corrected chi connectivity index (χ0v) is 12.2. The summed E-state index contributed by atoms with van der Waals surface area (Å²) in [5.41, 5.74) is 3.04. The summed E-state index contributed by atoms with van der Waals surface area (Å²) < 4.78 is 1.80. The summed E-state index contributed by atoms with van der Waals surface area (Å²) in [6.45, 7) is 4.38. The van der Waals surface area contributed by atoms with Gasteiger partial charge in [0.1, 0.15) is 5.82 Å². The van der Waals surface area contributed by atoms with E-state index in [-0.39, 0.29) is 10.6 Å². The highest BCUT2D eigenvalue weighted by atomic mass is 35.5. The Morgan fingerprint density at radius 2 is 2.20 bits per heavy atom. The number of carboxylic acid groups (broad SMARTS) is 1. The molecule has 0 bridgehead atoms. The first-order chi connectivity index (χ1) is 9.41. The van der Waals surface area contributed by atoms with E-state index in [9.17, 15) is 4.79 Å². The fourth-order valence-electron chi connectivity index (χ4n) is 1.98. The molecule has 0 fully saturated rings. The van der Waals surface area contributed by atoms with Crippen molar-refractivity contribution in [3.63, 3.8) is 0 Å². The number of halogens is 1. The molecule has 6 nitrogen and oxygen atoms in total. The first-order valence-corrected chi connectivity index (χ1v) is 6.40. The smallest absolute Gasteiger partial charge is 0.337 e. The third-order valence-electron chi connectivity index (χ3n) is 3.21. The Balaban J connectivity index is 2.23. The molecule has 0 saturated carbocycles. The Bertz CT molecular complexity index is 667. The van der Waals surface area contributed by atoms with Gasteiger partial charge in [0.15, 0.2) is 0 Å². The van der Waals surface area contributed by atoms with Crippen LogP contribution in [-0.4, -0.2) is 25.8 Å². The molecule has 0 radical (unpaired) electrons. The van der Waals surface area contributed by atoms with E-state index < -0.39 is 5.97 Å². The summed E-state index contributed by atoms with van der Waals surface area (Å²) in [6, 6.07) is 1.37. The second-order valence-corrected chi connectivity index (χ2v) is 4.83. The molecule has 0 aliphatic rings. The number of pyridine rings is 1. The highest BCUT2D eigenvalue weighted by Gasteiger charge is 2.14. The second kappa shape index (κ2) is 5.50. The number of aryl methyl sites for hydroxylation is 2. The lowest BCUT2D eigenvalue weighted by atomic mass is 10.2. The van der Waals surface area contributed by atoms with Gasteiger partial charge in [-0.3, -0.25) is 4.68 Å². The van der Waals surface area contributed by atoms with Crippen molar-refractivity contribution in [2.45, 2.75) is 20.4 Å². The monoisotopic (exact) mass is 294 g/mol. The zero-order valence-electron chi connectivity index (χ0n) is 11.4. The molecule has 2 aromatic heterocycles. The van der Waals surface area contributed by atoms with Crippen LogP contribution >= 0.6 is 11.6 Å². The van der Waals surface area contributed by atoms with Crippen molar-refractivity contribution in [1.82, 2.24) is 14.8 Å². The number of nitrogens with zero attached hydrogens (tertiary/aromatic N) is 3. The predicted molar refractivity (Wildman–Crippen MR) is 76.2 cm³/mol. The van der Waals surface area contributed by atoms with E-state index in [1.54, 1.807) is 4.68 Å². The summed E-state index contributed by atoms with van der Waals surface area (Å²) in [6.07, 6.45) is 1.42. The van der Waals surface area contributed by atoms with Crippen LogP contribution in [0.15, 0.2) is 12.3 Å². The number of aromatic carboxylic acids is 1. The van der Waals surface area contributed by atoms with Gasteiger partial charge in [-0.2, -0.15) is 5.10 Å². The molecule has 0 amide bonds. The number of anilines is 1. The van der Waals surface area contributed by atoms with Crippen molar-refractivity contribution in [1.29, 1.82) is 0 Å². The maximum absolute atomic E-state index is 11.0. The Hall–Kier alpha value is -2.08. The van der Waals surface area contributed by atoms with Crippen LogP contribution in [0.3, 0.4) is 0 Å². The Labute approximate surface area is 121 Å². The molecule has 0 aliphatic heterocycles. The van der Waals surface area contributed by atoms with Gasteiger partial charge in [0, 0.05) is 31.0 Å². The molecule has 2 aromatic rings. The van der Waals surface area contributed by atoms with Crippen molar-refractivity contribution < 1.29 is 9.90 Å². The first-order valence-electron chi connectivity index (χ1n) is 6.02. The Kier molecular flexibility index (Phi) is 3.94. The average molecular weight is 295 g/mol. The van der Waals surface area contributed by atoms with Crippen LogP contribution in [0.4, 0.5) is 5.82 Å². The van der Waals surface area contributed by atoms with E-state index in [2.05, 4.69) is 15.4 Å². The largest absolute Gasteiger partial charge is 0.478 e. The van der Waals surface area contributed by atoms with Crippen molar-refractivity contribution in [2.24, 2.45) is 7.05 Å². The predicted octanol–water partition coefficient (Wildman–Crippen LogP) is 2.40. The standard InChI is InChI=1S/C13H15ClN4O2/c1-7-10(8(2)18(3)17-7)6-16-12-11(14)9(13(19)20)4-5-15-12/h4-5H,6H2,1-3H3,(H,15,16)(H,19,20). The van der Waals surface area contributed by atoms with Crippen molar-refractivity contribution in [3.05, 3.63) is 39.8 Å². The molecule has 0 aromatic carbocycles. The van der Waals surface area contributed by atoms with Crippen molar-refractivity contribution >= 4 is 23.4 Å². The number of carboxylic acids is 1. The van der Waals surface area contributed by atoms with Crippen LogP contribution in [0.5, 0.6) is 0 Å². The molecule has 106 valence electrons. The summed E-state index contributed by atoms with van der Waals surface area (Å²) in [4.78, 5) is 15.1. The molecule has 2 N–H and O–H groups in total. The van der Waals surface area contributed by atoms with Gasteiger partial charge >= 0.3 is 5.97 Å². The third kappa shape index (κ3) is 2.60. The van der Waals surface area contributed by atoms with E-state index in [1.165, 1.54) is 12.3 Å². The maximum Gasteiger partial charge on any atom is 0.337 e. The highest BCUT2D eigenvalue weighted by molar-refractivity contribution is 6.35. The lowest BCUT2D eigenvalue weighted by Crippen LogP contribution is -2.07. The summed E-state index contributed by atoms with van der Waals surface area (Å²) in [5.74, 6) is -0.719. The molecule has 0 unspecified atom stereocenters. The first kappa shape index (κ1) is 14.3. The van der Waals surface area contributed by atoms with E-state index >= 15 is 0 Å². The summed E-state index contributed by atoms with van der Waals surface area (Å²) >= 11 is 6.03. The molecule has 20 heavy (non-hydrogen) atoms. The van der Waals surface area contributed by atoms with E-state index in [0.29, 0.717) is 12.4 Å². The number of carbonyl (C=O) groups is 1. The van der Waals surface area contributed by atoms with Crippen LogP contribution < -0.4 is 5.32 Å². The molecule has 0 spiro atoms. The van der Waals surface area contributed by atoms with Gasteiger partial charge in [-0.25, -0.2) is 9.78 Å². The molecule has 0 saturated heterocycles. The van der Waals surface area contributed by atoms with Crippen molar-refractivity contribution in [3.8, 4) is 0 Å². The molecular formula is C13H15ClN4O2. The maximum atomic E-state index is 11.0. The number of rotatable bonds is 4. The topological polar surface area (TPSA) is 80.0 Å². The van der Waals surface area contributed by atoms with Crippen LogP contribution in [0.25, 0.3) is 0 Å². The van der Waals surface area contributed by atoms with Crippen LogP contribution in [0, 0.1) is 13.8 Å². The van der Waals surface area contributed by atoms with E-state index in [0.717, 1.165) is 17.0 Å². The molecule has 0 atom stereocenters. The van der Waals surface area contributed by atoms with Gasteiger partial charge in [0.25, 0.3) is 0 Å². The second-order valence-electron chi connectivity index (χ2n) is 4.45. The Morgan fingerprint density at radius 3 is 2.75 bits per heavy atom. The fraction of sp³-hybridized carbons (Fsp3) is 0.308. The van der Waals surface area contributed by atoms with Crippen molar-refractivity contribution in [2.75, 3.05) is 5.32 Å². The molecule has 2 rings (SSSR count). The summed E-state index contributed by atoms with van der Waals surface area (Å²) in [5, 5.41) is 16.5. The number of hydrogen-bond donors (Lipinski definition) is 2. The lowest BCUT2D eigenvalue weighted by molar-refractivity contribution is 0.0697. The molecule has 0 aliphatic carbocycles. The summed E-state index contributed by atoms with van der Waals surface area (Å²) in [7, 11) is 1.88. The highest BCUT2D eigenvalue weighted by Crippen LogP contribution is 2.24. The minimum Gasteiger partial charge on any atom is -0.478 e. The third-order valence-corrected chi connectivity index (χ3v) is 3.59.